The normalized spacial score (nSPS) is 19.0. The Balaban J connectivity index is 3.62. The number of carbonyl (C=O) groups excluding carboxylic acids is 1. The van der Waals surface area contributed by atoms with Gasteiger partial charge >= 0.3 is 47.7 Å². The number of halogens is 15. The summed E-state index contributed by atoms with van der Waals surface area (Å²) in [6.07, 6.45) is -9.58. The van der Waals surface area contributed by atoms with E-state index < -0.39 is 93.1 Å². The highest BCUT2D eigenvalue weighted by molar-refractivity contribution is 5.70. The number of hydrogen-bond acceptors (Lipinski definition) is 4. The maximum atomic E-state index is 14.7. The van der Waals surface area contributed by atoms with Crippen LogP contribution in [0.4, 0.5) is 65.9 Å². The number of carbonyl (C=O) groups is 1. The monoisotopic (exact) mass is 555 g/mol. The lowest BCUT2D eigenvalue weighted by molar-refractivity contribution is -0.454. The lowest BCUT2D eigenvalue weighted by Gasteiger charge is -2.45. The first-order chi connectivity index (χ1) is 15.4. The van der Waals surface area contributed by atoms with Gasteiger partial charge in [-0.1, -0.05) is 0 Å². The van der Waals surface area contributed by atoms with Crippen molar-refractivity contribution in [2.45, 2.75) is 61.1 Å². The predicted molar refractivity (Wildman–Crippen MR) is 83.2 cm³/mol. The molecule has 0 saturated carbocycles. The maximum absolute atomic E-state index is 14.7. The molecule has 0 bridgehead atoms. The van der Waals surface area contributed by atoms with E-state index in [1.54, 1.807) is 0 Å². The summed E-state index contributed by atoms with van der Waals surface area (Å²) in [7, 11) is 0. The Labute approximate surface area is 186 Å². The first kappa shape index (κ1) is 31.4. The molecule has 35 heavy (non-hydrogen) atoms. The van der Waals surface area contributed by atoms with Gasteiger partial charge < -0.3 is 9.47 Å². The van der Waals surface area contributed by atoms with Crippen molar-refractivity contribution in [3.8, 4) is 0 Å². The molecule has 1 atom stereocenters. The Morgan fingerprint density at radius 1 is 0.743 bits per heavy atom. The highest BCUT2D eigenvalue weighted by atomic mass is 19.4. The quantitative estimate of drug-likeness (QED) is 0.281. The summed E-state index contributed by atoms with van der Waals surface area (Å²) in [4.78, 5) is 11.7. The van der Waals surface area contributed by atoms with E-state index in [-0.39, 0.29) is 4.90 Å². The van der Waals surface area contributed by atoms with Crippen molar-refractivity contribution in [2.24, 2.45) is 0 Å². The Morgan fingerprint density at radius 3 is 1.54 bits per heavy atom. The number of morpholine rings is 1. The van der Waals surface area contributed by atoms with Crippen molar-refractivity contribution in [3.05, 3.63) is 0 Å². The van der Waals surface area contributed by atoms with Gasteiger partial charge in [0.1, 0.15) is 0 Å². The molecule has 1 saturated heterocycles. The van der Waals surface area contributed by atoms with Gasteiger partial charge in [-0.3, -0.25) is 9.69 Å². The van der Waals surface area contributed by atoms with Gasteiger partial charge in [0.2, 0.25) is 0 Å². The fourth-order valence-corrected chi connectivity index (χ4v) is 2.94. The molecule has 1 aliphatic heterocycles. The SMILES string of the molecule is CCOC(=O)CC(N1CCOCC1)C(F)(F)C(F)(F)C(F)(F)C(F)(F)C(F)(F)C(F)(F)C(F)(F)F. The molecule has 0 aromatic carbocycles. The number of nitrogens with zero attached hydrogens (tertiary/aromatic N) is 1. The van der Waals surface area contributed by atoms with E-state index in [0.29, 0.717) is 0 Å². The van der Waals surface area contributed by atoms with Crippen LogP contribution in [0.15, 0.2) is 0 Å². The van der Waals surface area contributed by atoms with Crippen LogP contribution < -0.4 is 0 Å². The van der Waals surface area contributed by atoms with Crippen LogP contribution in [0.3, 0.4) is 0 Å². The molecule has 0 spiro atoms. The Morgan fingerprint density at radius 2 is 1.14 bits per heavy atom. The van der Waals surface area contributed by atoms with Crippen molar-refractivity contribution in [1.82, 2.24) is 4.90 Å². The van der Waals surface area contributed by atoms with Crippen molar-refractivity contribution in [1.29, 1.82) is 0 Å². The van der Waals surface area contributed by atoms with Crippen LogP contribution >= 0.6 is 0 Å². The standard InChI is InChI=1S/C16H16F15NO3/c1-2-35-9(33)7-8(32-3-5-34-6-4-32)10(17,18)11(19,20)12(21,22)13(23,24)14(25,26)15(27,28)16(29,30)31/h8H,2-7H2,1H3. The van der Waals surface area contributed by atoms with Crippen LogP contribution in [-0.4, -0.2) is 91.5 Å². The van der Waals surface area contributed by atoms with Crippen LogP contribution in [-0.2, 0) is 14.3 Å². The highest BCUT2D eigenvalue weighted by Gasteiger charge is 2.93. The molecule has 4 nitrogen and oxygen atoms in total. The zero-order chi connectivity index (χ0) is 27.9. The van der Waals surface area contributed by atoms with Gasteiger partial charge in [-0.2, -0.15) is 65.9 Å². The summed E-state index contributed by atoms with van der Waals surface area (Å²) in [6, 6.07) is -3.47. The van der Waals surface area contributed by atoms with Gasteiger partial charge in [0.15, 0.2) is 0 Å². The second kappa shape index (κ2) is 9.66. The van der Waals surface area contributed by atoms with Gasteiger partial charge in [0.05, 0.1) is 32.3 Å². The molecule has 0 aromatic heterocycles. The summed E-state index contributed by atoms with van der Waals surface area (Å²) in [5.74, 6) is -49.0. The van der Waals surface area contributed by atoms with E-state index >= 15 is 0 Å². The van der Waals surface area contributed by atoms with Crippen LogP contribution in [0, 0.1) is 0 Å². The zero-order valence-electron chi connectivity index (χ0n) is 17.2. The molecule has 1 unspecified atom stereocenters. The van der Waals surface area contributed by atoms with E-state index in [2.05, 4.69) is 9.47 Å². The average Bonchev–Trinajstić information content (AvgIpc) is 2.71. The lowest BCUT2D eigenvalue weighted by Crippen LogP contribution is -2.74. The second-order valence-electron chi connectivity index (χ2n) is 7.17. The fourth-order valence-electron chi connectivity index (χ4n) is 2.94. The average molecular weight is 555 g/mol. The fraction of sp³-hybridized carbons (Fsp3) is 0.938. The molecule has 19 heteroatoms. The van der Waals surface area contributed by atoms with E-state index in [4.69, 9.17) is 0 Å². The number of alkyl halides is 15. The molecule has 1 rings (SSSR count). The summed E-state index contributed by atoms with van der Waals surface area (Å²) < 4.78 is 211. The van der Waals surface area contributed by atoms with Gasteiger partial charge in [-0.25, -0.2) is 0 Å². The van der Waals surface area contributed by atoms with Crippen LogP contribution in [0.25, 0.3) is 0 Å². The number of hydrogen-bond donors (Lipinski definition) is 0. The molecule has 0 amide bonds. The van der Waals surface area contributed by atoms with Gasteiger partial charge in [0.25, 0.3) is 0 Å². The summed E-state index contributed by atoms with van der Waals surface area (Å²) in [5, 5.41) is 0. The highest BCUT2D eigenvalue weighted by Crippen LogP contribution is 2.63. The van der Waals surface area contributed by atoms with Gasteiger partial charge in [0, 0.05) is 13.1 Å². The molecule has 1 heterocycles. The molecular formula is C16H16F15NO3. The predicted octanol–water partition coefficient (Wildman–Crippen LogP) is 5.01. The number of esters is 1. The largest absolute Gasteiger partial charge is 0.466 e. The maximum Gasteiger partial charge on any atom is 0.460 e. The molecule has 1 aliphatic rings. The third-order valence-electron chi connectivity index (χ3n) is 4.92. The molecule has 0 aliphatic carbocycles. The van der Waals surface area contributed by atoms with Gasteiger partial charge in [-0.05, 0) is 6.92 Å². The third kappa shape index (κ3) is 4.98. The first-order valence-corrected chi connectivity index (χ1v) is 9.26. The van der Waals surface area contributed by atoms with Gasteiger partial charge in [-0.15, -0.1) is 0 Å². The summed E-state index contributed by atoms with van der Waals surface area (Å²) >= 11 is 0. The molecule has 1 fully saturated rings. The van der Waals surface area contributed by atoms with Crippen molar-refractivity contribution in [2.75, 3.05) is 32.9 Å². The van der Waals surface area contributed by atoms with E-state index in [0.717, 1.165) is 6.92 Å². The molecule has 208 valence electrons. The topological polar surface area (TPSA) is 38.8 Å². The smallest absolute Gasteiger partial charge is 0.460 e. The molecule has 0 N–H and O–H groups in total. The summed E-state index contributed by atoms with van der Waals surface area (Å²) in [5.41, 5.74) is 0. The molecule has 0 aromatic rings. The molecular weight excluding hydrogens is 539 g/mol. The minimum absolute atomic E-state index is 0.158. The second-order valence-corrected chi connectivity index (χ2v) is 7.17. The van der Waals surface area contributed by atoms with Crippen LogP contribution in [0.2, 0.25) is 0 Å². The third-order valence-corrected chi connectivity index (χ3v) is 4.92. The van der Waals surface area contributed by atoms with Crippen molar-refractivity contribution >= 4 is 5.97 Å². The van der Waals surface area contributed by atoms with Crippen LogP contribution in [0.5, 0.6) is 0 Å². The Hall–Kier alpha value is -1.66. The molecule has 0 radical (unpaired) electrons. The van der Waals surface area contributed by atoms with E-state index in [1.807, 2.05) is 0 Å². The first-order valence-electron chi connectivity index (χ1n) is 9.26. The Kier molecular flexibility index (Phi) is 8.66. The Bertz CT molecular complexity index is 747. The van der Waals surface area contributed by atoms with E-state index in [9.17, 15) is 70.7 Å². The number of rotatable bonds is 10. The zero-order valence-corrected chi connectivity index (χ0v) is 17.2. The van der Waals surface area contributed by atoms with Crippen molar-refractivity contribution in [3.63, 3.8) is 0 Å². The number of ether oxygens (including phenoxy) is 2. The minimum Gasteiger partial charge on any atom is -0.466 e. The minimum atomic E-state index is -8.38. The van der Waals surface area contributed by atoms with E-state index in [1.165, 1.54) is 0 Å². The van der Waals surface area contributed by atoms with Crippen LogP contribution in [0.1, 0.15) is 13.3 Å². The summed E-state index contributed by atoms with van der Waals surface area (Å²) in [6.45, 7) is -2.16. The van der Waals surface area contributed by atoms with Crippen molar-refractivity contribution < 1.29 is 80.1 Å². The lowest BCUT2D eigenvalue weighted by atomic mass is 9.87.